The highest BCUT2D eigenvalue weighted by Gasteiger charge is 2.49. The predicted octanol–water partition coefficient (Wildman–Crippen LogP) is 5.46. The number of benzene rings is 3. The van der Waals surface area contributed by atoms with Crippen LogP contribution in [0.1, 0.15) is 68.9 Å². The Hall–Kier alpha value is -4.96. The van der Waals surface area contributed by atoms with Crippen molar-refractivity contribution in [3.05, 3.63) is 102 Å². The van der Waals surface area contributed by atoms with E-state index in [2.05, 4.69) is 9.88 Å². The summed E-state index contributed by atoms with van der Waals surface area (Å²) in [5, 5.41) is 42.9. The first-order chi connectivity index (χ1) is 26.6. The summed E-state index contributed by atoms with van der Waals surface area (Å²) in [6.07, 6.45) is -10.4. The molecule has 0 radical (unpaired) electrons. The number of ether oxygens (including phenoxy) is 4. The van der Waals surface area contributed by atoms with Gasteiger partial charge in [-0.05, 0) is 73.7 Å². The first kappa shape index (κ1) is 40.7. The molecule has 2 fully saturated rings. The van der Waals surface area contributed by atoms with E-state index < -0.39 is 66.5 Å². The third kappa shape index (κ3) is 9.02. The first-order valence-corrected chi connectivity index (χ1v) is 18.5. The van der Waals surface area contributed by atoms with Gasteiger partial charge >= 0.3 is 11.9 Å². The zero-order valence-electron chi connectivity index (χ0n) is 31.5. The van der Waals surface area contributed by atoms with Crippen LogP contribution in [0.15, 0.2) is 84.9 Å². The van der Waals surface area contributed by atoms with Crippen LogP contribution in [0.3, 0.4) is 0 Å². The maximum Gasteiger partial charge on any atom is 0.335 e. The zero-order valence-corrected chi connectivity index (χ0v) is 31.5. The highest BCUT2D eigenvalue weighted by Crippen LogP contribution is 2.43. The molecule has 0 spiro atoms. The van der Waals surface area contributed by atoms with E-state index in [-0.39, 0.29) is 24.7 Å². The Labute approximate surface area is 323 Å². The molecule has 0 saturated carbocycles. The number of anilines is 1. The van der Waals surface area contributed by atoms with Gasteiger partial charge in [-0.25, -0.2) is 9.18 Å². The number of aromatic nitrogens is 1. The van der Waals surface area contributed by atoms with Crippen LogP contribution in [0.25, 0.3) is 22.4 Å². The Morgan fingerprint density at radius 1 is 0.875 bits per heavy atom. The monoisotopic (exact) mass is 774 g/mol. The Balaban J connectivity index is 1.31. The number of aliphatic hydroxyl groups is 3. The smallest absolute Gasteiger partial charge is 0.335 e. The number of amides is 1. The molecule has 3 aromatic carbocycles. The number of carbonyl (C=O) groups is 3. The molecule has 0 aliphatic carbocycles. The SMILES string of the molecule is CC(C)c1c(C(=O)Nc2ccccc2)c(-c2ccccc2)c(-c2ccc(F)cc2)n1CC[C@@H]1C[C@H](CC(=O)OC2OC(C(=O)O)C(O)C(O)C2O)OC(C)(C)O1. The van der Waals surface area contributed by atoms with Gasteiger partial charge in [0, 0.05) is 29.9 Å². The fourth-order valence-corrected chi connectivity index (χ4v) is 7.52. The van der Waals surface area contributed by atoms with E-state index >= 15 is 0 Å². The fraction of sp³-hybridized carbons (Fsp3) is 0.405. The number of hydrogen-bond acceptors (Lipinski definition) is 10. The van der Waals surface area contributed by atoms with Gasteiger partial charge in [-0.2, -0.15) is 0 Å². The van der Waals surface area contributed by atoms with E-state index in [1.807, 2.05) is 74.5 Å². The van der Waals surface area contributed by atoms with Crippen LogP contribution in [0, 0.1) is 5.82 Å². The molecule has 2 aliphatic heterocycles. The van der Waals surface area contributed by atoms with Crippen LogP contribution in [-0.4, -0.2) is 91.5 Å². The first-order valence-electron chi connectivity index (χ1n) is 18.5. The predicted molar refractivity (Wildman–Crippen MR) is 202 cm³/mol. The number of aliphatic hydroxyl groups excluding tert-OH is 3. The maximum atomic E-state index is 14.4. The highest BCUT2D eigenvalue weighted by molar-refractivity contribution is 6.12. The number of esters is 1. The van der Waals surface area contributed by atoms with Gasteiger partial charge in [0.05, 0.1) is 29.9 Å². The van der Waals surface area contributed by atoms with Crippen LogP contribution in [0.2, 0.25) is 0 Å². The Kier molecular flexibility index (Phi) is 12.4. The quantitative estimate of drug-likeness (QED) is 0.115. The van der Waals surface area contributed by atoms with Gasteiger partial charge in [-0.3, -0.25) is 9.59 Å². The van der Waals surface area contributed by atoms with Gasteiger partial charge < -0.3 is 49.3 Å². The van der Waals surface area contributed by atoms with E-state index in [1.54, 1.807) is 26.0 Å². The van der Waals surface area contributed by atoms with Crippen LogP contribution in [0.4, 0.5) is 10.1 Å². The van der Waals surface area contributed by atoms with Crippen molar-refractivity contribution in [3.8, 4) is 22.4 Å². The zero-order chi connectivity index (χ0) is 40.3. The largest absolute Gasteiger partial charge is 0.479 e. The molecule has 5 unspecified atom stereocenters. The number of nitrogens with zero attached hydrogens (tertiary/aromatic N) is 1. The molecule has 5 N–H and O–H groups in total. The lowest BCUT2D eigenvalue weighted by atomic mass is 9.94. The number of hydrogen-bond donors (Lipinski definition) is 5. The minimum absolute atomic E-state index is 0.143. The van der Waals surface area contributed by atoms with E-state index in [0.717, 1.165) is 17.0 Å². The topological polar surface area (TPSA) is 186 Å². The Bertz CT molecular complexity index is 2000. The van der Waals surface area contributed by atoms with Crippen LogP contribution < -0.4 is 5.32 Å². The van der Waals surface area contributed by atoms with E-state index in [0.29, 0.717) is 35.3 Å². The van der Waals surface area contributed by atoms with Crippen molar-refractivity contribution < 1.29 is 58.1 Å². The van der Waals surface area contributed by atoms with Crippen LogP contribution in [-0.2, 0) is 35.1 Å². The van der Waals surface area contributed by atoms with E-state index in [4.69, 9.17) is 18.9 Å². The molecule has 0 bridgehead atoms. The third-order valence-electron chi connectivity index (χ3n) is 9.85. The molecule has 14 heteroatoms. The summed E-state index contributed by atoms with van der Waals surface area (Å²) < 4.78 is 39.2. The molecule has 13 nitrogen and oxygen atoms in total. The molecule has 56 heavy (non-hydrogen) atoms. The van der Waals surface area contributed by atoms with Crippen molar-refractivity contribution in [1.29, 1.82) is 0 Å². The molecule has 2 saturated heterocycles. The molecule has 1 aromatic heterocycles. The van der Waals surface area contributed by atoms with Crippen molar-refractivity contribution in [2.75, 3.05) is 5.32 Å². The van der Waals surface area contributed by atoms with Crippen molar-refractivity contribution >= 4 is 23.5 Å². The second-order valence-electron chi connectivity index (χ2n) is 14.8. The number of halogens is 1. The molecule has 3 heterocycles. The summed E-state index contributed by atoms with van der Waals surface area (Å²) in [4.78, 5) is 39.0. The molecule has 7 atom stereocenters. The summed E-state index contributed by atoms with van der Waals surface area (Å²) in [6.45, 7) is 7.79. The van der Waals surface area contributed by atoms with Crippen molar-refractivity contribution in [2.45, 2.75) is 108 Å². The average Bonchev–Trinajstić information content (AvgIpc) is 3.50. The van der Waals surface area contributed by atoms with E-state index in [9.17, 15) is 39.2 Å². The lowest BCUT2D eigenvalue weighted by Gasteiger charge is -2.41. The number of carboxylic acid groups (broad SMARTS) is 1. The Morgan fingerprint density at radius 3 is 2.12 bits per heavy atom. The lowest BCUT2D eigenvalue weighted by molar-refractivity contribution is -0.305. The number of para-hydroxylation sites is 1. The lowest BCUT2D eigenvalue weighted by Crippen LogP contribution is -2.60. The van der Waals surface area contributed by atoms with Gasteiger partial charge in [0.25, 0.3) is 5.91 Å². The molecule has 4 aromatic rings. The second kappa shape index (κ2) is 17.0. The average molecular weight is 775 g/mol. The molecule has 298 valence electrons. The van der Waals surface area contributed by atoms with Crippen molar-refractivity contribution in [1.82, 2.24) is 4.57 Å². The molecular weight excluding hydrogens is 727 g/mol. The van der Waals surface area contributed by atoms with Gasteiger partial charge in [0.1, 0.15) is 24.1 Å². The summed E-state index contributed by atoms with van der Waals surface area (Å²) in [6, 6.07) is 24.9. The standard InChI is InChI=1S/C42H47FN2O11/c1-23(2)33-32(39(50)44-27-13-9-6-10-14-27)31(24-11-7-5-8-12-24)34(25-15-17-26(43)18-16-25)45(33)20-19-28-21-29(56-42(3,4)55-28)22-30(46)53-41-37(49)35(47)36(48)38(54-41)40(51)52/h5-18,23,28-29,35-38,41,47-49H,19-22H2,1-4H3,(H,44,50)(H,51,52)/t28-,29-,35?,36?,37?,38?,41?/m1/s1. The molecular formula is C42H47FN2O11. The minimum atomic E-state index is -1.93. The molecule has 1 amide bonds. The summed E-state index contributed by atoms with van der Waals surface area (Å²) >= 11 is 0. The third-order valence-corrected chi connectivity index (χ3v) is 9.85. The number of aliphatic carboxylic acids is 1. The van der Waals surface area contributed by atoms with Gasteiger partial charge in [0.2, 0.25) is 6.29 Å². The molecule has 6 rings (SSSR count). The Morgan fingerprint density at radius 2 is 1.50 bits per heavy atom. The number of rotatable bonds is 12. The normalized spacial score (nSPS) is 24.8. The highest BCUT2D eigenvalue weighted by atomic mass is 19.1. The van der Waals surface area contributed by atoms with Gasteiger partial charge in [-0.15, -0.1) is 0 Å². The minimum Gasteiger partial charge on any atom is -0.479 e. The second-order valence-corrected chi connectivity index (χ2v) is 14.8. The van der Waals surface area contributed by atoms with Gasteiger partial charge in [0.15, 0.2) is 11.9 Å². The summed E-state index contributed by atoms with van der Waals surface area (Å²) in [5.41, 5.74) is 4.80. The number of carboxylic acids is 1. The maximum absolute atomic E-state index is 14.4. The number of nitrogens with one attached hydrogen (secondary N) is 1. The fourth-order valence-electron chi connectivity index (χ4n) is 7.52. The van der Waals surface area contributed by atoms with Crippen LogP contribution >= 0.6 is 0 Å². The van der Waals surface area contributed by atoms with Crippen molar-refractivity contribution in [2.24, 2.45) is 0 Å². The molecule has 2 aliphatic rings. The van der Waals surface area contributed by atoms with Crippen LogP contribution in [0.5, 0.6) is 0 Å². The summed E-state index contributed by atoms with van der Waals surface area (Å²) in [7, 11) is 0. The van der Waals surface area contributed by atoms with Gasteiger partial charge in [-0.1, -0.05) is 62.4 Å². The number of carbonyl (C=O) groups excluding carboxylic acids is 2. The summed E-state index contributed by atoms with van der Waals surface area (Å²) in [5.74, 6) is -4.48. The van der Waals surface area contributed by atoms with Crippen molar-refractivity contribution in [3.63, 3.8) is 0 Å². The van der Waals surface area contributed by atoms with E-state index in [1.165, 1.54) is 12.1 Å².